The fourth-order valence-electron chi connectivity index (χ4n) is 2.86. The van der Waals surface area contributed by atoms with Crippen LogP contribution in [0.15, 0.2) is 39.9 Å². The highest BCUT2D eigenvalue weighted by Gasteiger charge is 2.13. The van der Waals surface area contributed by atoms with Crippen molar-refractivity contribution in [2.24, 2.45) is 0 Å². The van der Waals surface area contributed by atoms with Crippen LogP contribution < -0.4 is 20.8 Å². The highest BCUT2D eigenvalue weighted by Crippen LogP contribution is 2.19. The fraction of sp³-hybridized carbons (Fsp3) is 0.333. The minimum Gasteiger partial charge on any atom is -0.480 e. The molecule has 0 fully saturated rings. The molecule has 0 radical (unpaired) electrons. The average Bonchev–Trinajstić information content (AvgIpc) is 2.65. The van der Waals surface area contributed by atoms with Crippen LogP contribution in [0.2, 0.25) is 0 Å². The Balaban J connectivity index is 2.08. The maximum absolute atomic E-state index is 12.7. The van der Waals surface area contributed by atoms with Gasteiger partial charge in [0.2, 0.25) is 11.8 Å². The molecule has 0 saturated heterocycles. The molecule has 8 nitrogen and oxygen atoms in total. The second kappa shape index (κ2) is 7.38. The van der Waals surface area contributed by atoms with E-state index in [1.54, 1.807) is 18.2 Å². The van der Waals surface area contributed by atoms with E-state index in [-0.39, 0.29) is 17.7 Å². The molecule has 136 valence electrons. The molecule has 0 saturated carbocycles. The van der Waals surface area contributed by atoms with Crippen molar-refractivity contribution < 1.29 is 4.74 Å². The molecule has 1 N–H and O–H groups in total. The summed E-state index contributed by atoms with van der Waals surface area (Å²) >= 11 is 0. The number of methoxy groups -OCH3 is 1. The lowest BCUT2D eigenvalue weighted by Crippen LogP contribution is -2.29. The molecule has 0 aliphatic carbocycles. The largest absolute Gasteiger partial charge is 0.480 e. The summed E-state index contributed by atoms with van der Waals surface area (Å²) in [5.74, 6) is 0.840. The van der Waals surface area contributed by atoms with Crippen molar-refractivity contribution in [2.75, 3.05) is 25.1 Å². The lowest BCUT2D eigenvalue weighted by atomic mass is 10.2. The van der Waals surface area contributed by atoms with Gasteiger partial charge in [0.05, 0.1) is 30.1 Å². The van der Waals surface area contributed by atoms with Crippen molar-refractivity contribution in [3.63, 3.8) is 0 Å². The number of aromatic amines is 1. The molecule has 1 aromatic carbocycles. The highest BCUT2D eigenvalue weighted by molar-refractivity contribution is 5.85. The van der Waals surface area contributed by atoms with Crippen molar-refractivity contribution in [3.8, 4) is 5.88 Å². The zero-order valence-electron chi connectivity index (χ0n) is 15.0. The lowest BCUT2D eigenvalue weighted by molar-refractivity contribution is 0.385. The number of benzene rings is 1. The first-order valence-electron chi connectivity index (χ1n) is 8.46. The number of anilines is 1. The maximum atomic E-state index is 12.7. The van der Waals surface area contributed by atoms with Crippen LogP contribution >= 0.6 is 0 Å². The first-order valence-corrected chi connectivity index (χ1v) is 8.46. The number of hydrogen-bond donors (Lipinski definition) is 1. The number of H-pyrrole nitrogens is 1. The quantitative estimate of drug-likeness (QED) is 0.718. The van der Waals surface area contributed by atoms with Crippen molar-refractivity contribution in [1.82, 2.24) is 19.7 Å². The molecule has 0 spiro atoms. The van der Waals surface area contributed by atoms with E-state index < -0.39 is 0 Å². The number of rotatable bonds is 6. The van der Waals surface area contributed by atoms with E-state index in [9.17, 15) is 9.59 Å². The molecule has 0 unspecified atom stereocenters. The second-order valence-corrected chi connectivity index (χ2v) is 5.75. The SMILES string of the molecule is CCN(CC)c1nc(Cn2nc(OC)c3ccccc3c2=O)cc(=O)[nH]1. The topological polar surface area (TPSA) is 93.1 Å². The number of nitrogens with zero attached hydrogens (tertiary/aromatic N) is 4. The second-order valence-electron chi connectivity index (χ2n) is 5.75. The van der Waals surface area contributed by atoms with Gasteiger partial charge in [0.15, 0.2) is 0 Å². The van der Waals surface area contributed by atoms with Crippen LogP contribution in [0.25, 0.3) is 10.8 Å². The van der Waals surface area contributed by atoms with E-state index in [4.69, 9.17) is 4.74 Å². The Kier molecular flexibility index (Phi) is 5.01. The number of ether oxygens (including phenoxy) is 1. The number of aromatic nitrogens is 4. The maximum Gasteiger partial charge on any atom is 0.275 e. The standard InChI is InChI=1S/C18H21N5O3/c1-4-22(5-2)18-19-12(10-15(24)20-18)11-23-17(25)14-9-7-6-8-13(14)16(21-23)26-3/h6-10H,4-5,11H2,1-3H3,(H,19,20,24). The summed E-state index contributed by atoms with van der Waals surface area (Å²) in [7, 11) is 1.51. The number of fused-ring (bicyclic) bond motifs is 1. The van der Waals surface area contributed by atoms with Crippen molar-refractivity contribution in [2.45, 2.75) is 20.4 Å². The van der Waals surface area contributed by atoms with Gasteiger partial charge < -0.3 is 9.64 Å². The van der Waals surface area contributed by atoms with Gasteiger partial charge in [0.1, 0.15) is 0 Å². The summed E-state index contributed by atoms with van der Waals surface area (Å²) in [6.45, 7) is 5.47. The minimum atomic E-state index is -0.266. The van der Waals surface area contributed by atoms with Crippen LogP contribution in [0, 0.1) is 0 Å². The van der Waals surface area contributed by atoms with E-state index in [0.717, 1.165) is 0 Å². The van der Waals surface area contributed by atoms with Crippen molar-refractivity contribution in [1.29, 1.82) is 0 Å². The van der Waals surface area contributed by atoms with Gasteiger partial charge >= 0.3 is 0 Å². The van der Waals surface area contributed by atoms with E-state index >= 15 is 0 Å². The normalized spacial score (nSPS) is 10.9. The molecular weight excluding hydrogens is 334 g/mol. The molecule has 0 aliphatic rings. The number of hydrogen-bond acceptors (Lipinski definition) is 6. The molecule has 0 atom stereocenters. The molecule has 0 aliphatic heterocycles. The minimum absolute atomic E-state index is 0.0816. The summed E-state index contributed by atoms with van der Waals surface area (Å²) in [4.78, 5) is 33.9. The van der Waals surface area contributed by atoms with Gasteiger partial charge in [-0.2, -0.15) is 0 Å². The third kappa shape index (κ3) is 3.30. The van der Waals surface area contributed by atoms with Crippen LogP contribution in [0.1, 0.15) is 19.5 Å². The smallest absolute Gasteiger partial charge is 0.275 e. The van der Waals surface area contributed by atoms with E-state index in [2.05, 4.69) is 15.1 Å². The highest BCUT2D eigenvalue weighted by atomic mass is 16.5. The molecule has 2 aromatic heterocycles. The van der Waals surface area contributed by atoms with Crippen LogP contribution in [-0.2, 0) is 6.54 Å². The van der Waals surface area contributed by atoms with E-state index in [0.29, 0.717) is 41.4 Å². The van der Waals surface area contributed by atoms with Crippen LogP contribution in [0.4, 0.5) is 5.95 Å². The third-order valence-electron chi connectivity index (χ3n) is 4.18. The third-order valence-corrected chi connectivity index (χ3v) is 4.18. The van der Waals surface area contributed by atoms with Crippen LogP contribution in [0.3, 0.4) is 0 Å². The summed E-state index contributed by atoms with van der Waals surface area (Å²) in [6, 6.07) is 8.51. The van der Waals surface area contributed by atoms with E-state index in [1.807, 2.05) is 24.8 Å². The number of nitrogens with one attached hydrogen (secondary N) is 1. The van der Waals surface area contributed by atoms with Crippen molar-refractivity contribution >= 4 is 16.7 Å². The fourth-order valence-corrected chi connectivity index (χ4v) is 2.86. The summed E-state index contributed by atoms with van der Waals surface area (Å²) in [5.41, 5.74) is -0.0619. The first kappa shape index (κ1) is 17.7. The van der Waals surface area contributed by atoms with Gasteiger partial charge in [-0.25, -0.2) is 9.67 Å². The van der Waals surface area contributed by atoms with Gasteiger partial charge in [-0.15, -0.1) is 5.10 Å². The first-order chi connectivity index (χ1) is 12.6. The summed E-state index contributed by atoms with van der Waals surface area (Å²) in [6.07, 6.45) is 0. The van der Waals surface area contributed by atoms with Gasteiger partial charge in [0.25, 0.3) is 11.1 Å². The van der Waals surface area contributed by atoms with Gasteiger partial charge in [0, 0.05) is 19.2 Å². The monoisotopic (exact) mass is 355 g/mol. The molecule has 0 bridgehead atoms. The van der Waals surface area contributed by atoms with Gasteiger partial charge in [-0.05, 0) is 26.0 Å². The Hall–Kier alpha value is -3.16. The Morgan fingerprint density at radius 2 is 1.85 bits per heavy atom. The van der Waals surface area contributed by atoms with E-state index in [1.165, 1.54) is 17.9 Å². The Bertz CT molecular complexity index is 1040. The zero-order chi connectivity index (χ0) is 18.7. The molecule has 8 heteroatoms. The molecule has 0 amide bonds. The average molecular weight is 355 g/mol. The van der Waals surface area contributed by atoms with Crippen LogP contribution in [0.5, 0.6) is 5.88 Å². The van der Waals surface area contributed by atoms with Crippen LogP contribution in [-0.4, -0.2) is 39.9 Å². The van der Waals surface area contributed by atoms with Gasteiger partial charge in [-0.3, -0.25) is 14.6 Å². The predicted molar refractivity (Wildman–Crippen MR) is 100 cm³/mol. The molecular formula is C18H21N5O3. The van der Waals surface area contributed by atoms with Crippen molar-refractivity contribution in [3.05, 3.63) is 56.7 Å². The molecule has 3 rings (SSSR count). The molecule has 26 heavy (non-hydrogen) atoms. The summed E-state index contributed by atoms with van der Waals surface area (Å²) in [5, 5.41) is 5.43. The van der Waals surface area contributed by atoms with Gasteiger partial charge in [-0.1, -0.05) is 12.1 Å². The molecule has 3 aromatic rings. The lowest BCUT2D eigenvalue weighted by Gasteiger charge is -2.19. The predicted octanol–water partition coefficient (Wildman–Crippen LogP) is 1.38. The Morgan fingerprint density at radius 1 is 1.15 bits per heavy atom. The Labute approximate surface area is 150 Å². The zero-order valence-corrected chi connectivity index (χ0v) is 15.0. The molecule has 2 heterocycles. The summed E-state index contributed by atoms with van der Waals surface area (Å²) < 4.78 is 6.59. The Morgan fingerprint density at radius 3 is 2.50 bits per heavy atom.